The maximum Gasteiger partial charge on any atom is 0.243 e. The van der Waals surface area contributed by atoms with Crippen LogP contribution in [0.3, 0.4) is 0 Å². The molecule has 0 saturated carbocycles. The number of hydrogen-bond acceptors (Lipinski definition) is 4. The van der Waals surface area contributed by atoms with Gasteiger partial charge >= 0.3 is 0 Å². The van der Waals surface area contributed by atoms with Crippen LogP contribution in [0.5, 0.6) is 0 Å². The lowest BCUT2D eigenvalue weighted by Gasteiger charge is -2.16. The third-order valence-corrected chi connectivity index (χ3v) is 4.63. The maximum atomic E-state index is 12.4. The molecule has 1 aromatic carbocycles. The zero-order valence-corrected chi connectivity index (χ0v) is 11.4. The molecule has 1 aromatic heterocycles. The fourth-order valence-corrected chi connectivity index (χ4v) is 2.97. The van der Waals surface area contributed by atoms with E-state index in [-0.39, 0.29) is 11.4 Å². The van der Waals surface area contributed by atoms with Gasteiger partial charge in [0.25, 0.3) is 0 Å². The minimum atomic E-state index is -3.51. The summed E-state index contributed by atoms with van der Waals surface area (Å²) in [5.74, 6) is 0. The zero-order valence-electron chi connectivity index (χ0n) is 10.6. The standard InChI is InChI=1S/C13H16N2O3S/c1-15(9-12-5-6-18-10-12)19(16,17)13-4-2-3-11(7-13)8-14/h2-7,10H,8-9,14H2,1H3. The van der Waals surface area contributed by atoms with Crippen molar-refractivity contribution in [2.45, 2.75) is 18.0 Å². The van der Waals surface area contributed by atoms with Crippen molar-refractivity contribution in [3.63, 3.8) is 0 Å². The first-order valence-electron chi connectivity index (χ1n) is 5.80. The average Bonchev–Trinajstić information content (AvgIpc) is 2.91. The van der Waals surface area contributed by atoms with Gasteiger partial charge in [-0.05, 0) is 23.8 Å². The van der Waals surface area contributed by atoms with E-state index in [1.807, 2.05) is 0 Å². The van der Waals surface area contributed by atoms with Gasteiger partial charge < -0.3 is 10.2 Å². The lowest BCUT2D eigenvalue weighted by atomic mass is 10.2. The van der Waals surface area contributed by atoms with Gasteiger partial charge in [0, 0.05) is 25.7 Å². The van der Waals surface area contributed by atoms with E-state index in [1.54, 1.807) is 30.3 Å². The summed E-state index contributed by atoms with van der Waals surface area (Å²) in [5.41, 5.74) is 7.12. The highest BCUT2D eigenvalue weighted by Crippen LogP contribution is 2.18. The molecule has 0 aliphatic carbocycles. The molecule has 0 spiro atoms. The van der Waals surface area contributed by atoms with Crippen molar-refractivity contribution >= 4 is 10.0 Å². The Balaban J connectivity index is 2.25. The normalized spacial score (nSPS) is 11.9. The molecule has 0 radical (unpaired) electrons. The van der Waals surface area contributed by atoms with Crippen LogP contribution in [0.4, 0.5) is 0 Å². The quantitative estimate of drug-likeness (QED) is 0.901. The second-order valence-corrected chi connectivity index (χ2v) is 6.29. The summed E-state index contributed by atoms with van der Waals surface area (Å²) in [5, 5.41) is 0. The van der Waals surface area contributed by atoms with E-state index in [2.05, 4.69) is 0 Å². The van der Waals surface area contributed by atoms with Crippen LogP contribution in [0.2, 0.25) is 0 Å². The highest BCUT2D eigenvalue weighted by Gasteiger charge is 2.21. The molecule has 2 aromatic rings. The van der Waals surface area contributed by atoms with Crippen molar-refractivity contribution in [3.8, 4) is 0 Å². The topological polar surface area (TPSA) is 76.5 Å². The van der Waals surface area contributed by atoms with Crippen molar-refractivity contribution in [1.82, 2.24) is 4.31 Å². The smallest absolute Gasteiger partial charge is 0.243 e. The summed E-state index contributed by atoms with van der Waals surface area (Å²) >= 11 is 0. The molecular formula is C13H16N2O3S. The van der Waals surface area contributed by atoms with Crippen LogP contribution in [0.25, 0.3) is 0 Å². The van der Waals surface area contributed by atoms with Gasteiger partial charge in [0.2, 0.25) is 10.0 Å². The second kappa shape index (κ2) is 5.56. The Morgan fingerprint density at radius 2 is 2.05 bits per heavy atom. The zero-order chi connectivity index (χ0) is 13.9. The number of hydrogen-bond donors (Lipinski definition) is 1. The predicted octanol–water partition coefficient (Wildman–Crippen LogP) is 1.56. The third-order valence-electron chi connectivity index (χ3n) is 2.83. The summed E-state index contributed by atoms with van der Waals surface area (Å²) in [6.07, 6.45) is 3.05. The Morgan fingerprint density at radius 3 is 2.68 bits per heavy atom. The fourth-order valence-electron chi connectivity index (χ4n) is 1.74. The van der Waals surface area contributed by atoms with Crippen molar-refractivity contribution in [2.75, 3.05) is 7.05 Å². The SMILES string of the molecule is CN(Cc1ccoc1)S(=O)(=O)c1cccc(CN)c1. The summed E-state index contributed by atoms with van der Waals surface area (Å²) < 4.78 is 31.0. The van der Waals surface area contributed by atoms with Crippen molar-refractivity contribution in [3.05, 3.63) is 54.0 Å². The minimum absolute atomic E-state index is 0.251. The Kier molecular flexibility index (Phi) is 4.04. The molecule has 19 heavy (non-hydrogen) atoms. The molecule has 0 amide bonds. The molecule has 102 valence electrons. The van der Waals surface area contributed by atoms with E-state index in [1.165, 1.54) is 23.9 Å². The molecule has 0 atom stereocenters. The summed E-state index contributed by atoms with van der Waals surface area (Å²) in [4.78, 5) is 0.251. The molecular weight excluding hydrogens is 264 g/mol. The summed E-state index contributed by atoms with van der Waals surface area (Å²) in [7, 11) is -1.97. The van der Waals surface area contributed by atoms with Gasteiger partial charge in [0.15, 0.2) is 0 Å². The van der Waals surface area contributed by atoms with Gasteiger partial charge in [-0.25, -0.2) is 8.42 Å². The highest BCUT2D eigenvalue weighted by molar-refractivity contribution is 7.89. The van der Waals surface area contributed by atoms with Crippen molar-refractivity contribution in [2.24, 2.45) is 5.73 Å². The molecule has 5 nitrogen and oxygen atoms in total. The van der Waals surface area contributed by atoms with E-state index in [4.69, 9.17) is 10.2 Å². The number of rotatable bonds is 5. The van der Waals surface area contributed by atoms with E-state index in [0.717, 1.165) is 11.1 Å². The molecule has 6 heteroatoms. The van der Waals surface area contributed by atoms with Crippen molar-refractivity contribution in [1.29, 1.82) is 0 Å². The predicted molar refractivity (Wildman–Crippen MR) is 71.7 cm³/mol. The largest absolute Gasteiger partial charge is 0.472 e. The number of benzene rings is 1. The third kappa shape index (κ3) is 3.04. The first-order valence-corrected chi connectivity index (χ1v) is 7.24. The van der Waals surface area contributed by atoms with Crippen LogP contribution in [-0.2, 0) is 23.1 Å². The van der Waals surface area contributed by atoms with Crippen molar-refractivity contribution < 1.29 is 12.8 Å². The molecule has 2 N–H and O–H groups in total. The Bertz CT molecular complexity index is 636. The first-order chi connectivity index (χ1) is 9.04. The maximum absolute atomic E-state index is 12.4. The molecule has 0 fully saturated rings. The molecule has 1 heterocycles. The van der Waals surface area contributed by atoms with Crippen LogP contribution < -0.4 is 5.73 Å². The molecule has 0 aliphatic rings. The number of nitrogens with zero attached hydrogens (tertiary/aromatic N) is 1. The average molecular weight is 280 g/mol. The Morgan fingerprint density at radius 1 is 1.26 bits per heavy atom. The van der Waals surface area contributed by atoms with Crippen LogP contribution in [-0.4, -0.2) is 19.8 Å². The van der Waals surface area contributed by atoms with Crippen LogP contribution in [0, 0.1) is 0 Å². The molecule has 0 unspecified atom stereocenters. The van der Waals surface area contributed by atoms with Gasteiger partial charge in [-0.15, -0.1) is 0 Å². The highest BCUT2D eigenvalue weighted by atomic mass is 32.2. The van der Waals surface area contributed by atoms with Gasteiger partial charge in [-0.2, -0.15) is 4.31 Å². The Hall–Kier alpha value is -1.63. The van der Waals surface area contributed by atoms with E-state index < -0.39 is 10.0 Å². The monoisotopic (exact) mass is 280 g/mol. The van der Waals surface area contributed by atoms with Crippen LogP contribution in [0.15, 0.2) is 52.2 Å². The minimum Gasteiger partial charge on any atom is -0.472 e. The van der Waals surface area contributed by atoms with Crippen LogP contribution in [0.1, 0.15) is 11.1 Å². The van der Waals surface area contributed by atoms with E-state index >= 15 is 0 Å². The molecule has 2 rings (SSSR count). The van der Waals surface area contributed by atoms with E-state index in [0.29, 0.717) is 6.54 Å². The van der Waals surface area contributed by atoms with Gasteiger partial charge in [0.05, 0.1) is 17.4 Å². The molecule has 0 aliphatic heterocycles. The number of nitrogens with two attached hydrogens (primary N) is 1. The molecule has 0 bridgehead atoms. The second-order valence-electron chi connectivity index (χ2n) is 4.24. The number of furan rings is 1. The summed E-state index contributed by atoms with van der Waals surface area (Å²) in [6.45, 7) is 0.584. The fraction of sp³-hybridized carbons (Fsp3) is 0.231. The molecule has 0 saturated heterocycles. The lowest BCUT2D eigenvalue weighted by molar-refractivity contribution is 0.463. The van der Waals surface area contributed by atoms with Gasteiger partial charge in [0.1, 0.15) is 0 Å². The first kappa shape index (κ1) is 13.8. The van der Waals surface area contributed by atoms with Crippen LogP contribution >= 0.6 is 0 Å². The van der Waals surface area contributed by atoms with Gasteiger partial charge in [-0.3, -0.25) is 0 Å². The lowest BCUT2D eigenvalue weighted by Crippen LogP contribution is -2.26. The summed E-state index contributed by atoms with van der Waals surface area (Å²) in [6, 6.07) is 8.40. The number of sulfonamides is 1. The van der Waals surface area contributed by atoms with E-state index in [9.17, 15) is 8.42 Å². The Labute approximate surface area is 112 Å². The van der Waals surface area contributed by atoms with Gasteiger partial charge in [-0.1, -0.05) is 12.1 Å².